The first-order valence-corrected chi connectivity index (χ1v) is 7.09. The van der Waals surface area contributed by atoms with Crippen LogP contribution in [0.15, 0.2) is 0 Å². The minimum Gasteiger partial charge on any atom is -0.481 e. The maximum absolute atomic E-state index is 11.8. The molecule has 2 unspecified atom stereocenters. The van der Waals surface area contributed by atoms with Gasteiger partial charge in [0, 0.05) is 0 Å². The molecule has 0 radical (unpaired) electrons. The Labute approximate surface area is 98.0 Å². The molecule has 0 aliphatic rings. The first kappa shape index (κ1) is 15.4. The monoisotopic (exact) mass is 250 g/mol. The molecule has 0 amide bonds. The first-order chi connectivity index (χ1) is 6.99. The molecule has 0 spiro atoms. The molecule has 1 N–H and O–H groups in total. The van der Waals surface area contributed by atoms with Crippen LogP contribution >= 0.6 is 0 Å². The molecule has 0 aromatic heterocycles. The van der Waals surface area contributed by atoms with Gasteiger partial charge in [-0.1, -0.05) is 13.8 Å². The van der Waals surface area contributed by atoms with E-state index in [2.05, 4.69) is 0 Å². The predicted octanol–water partition coefficient (Wildman–Crippen LogP) is 1.95. The topological polar surface area (TPSA) is 71.4 Å². The van der Waals surface area contributed by atoms with E-state index in [1.165, 1.54) is 0 Å². The third-order valence-corrected chi connectivity index (χ3v) is 5.66. The highest BCUT2D eigenvalue weighted by atomic mass is 32.2. The SMILES string of the molecule is CC(CCS(=O)(=O)C(C)(C)C)C(C)C(=O)O. The minimum absolute atomic E-state index is 0.0509. The van der Waals surface area contributed by atoms with Gasteiger partial charge in [0.2, 0.25) is 0 Å². The molecule has 0 aliphatic carbocycles. The van der Waals surface area contributed by atoms with E-state index in [9.17, 15) is 13.2 Å². The Balaban J connectivity index is 4.43. The maximum atomic E-state index is 11.8. The Hall–Kier alpha value is -0.580. The fourth-order valence-corrected chi connectivity index (χ4v) is 2.44. The lowest BCUT2D eigenvalue weighted by molar-refractivity contribution is -0.142. The molecule has 0 fully saturated rings. The van der Waals surface area contributed by atoms with Crippen molar-refractivity contribution >= 4 is 15.8 Å². The molecule has 0 saturated heterocycles. The van der Waals surface area contributed by atoms with Crippen LogP contribution in [0.3, 0.4) is 0 Å². The van der Waals surface area contributed by atoms with Gasteiger partial charge < -0.3 is 5.11 Å². The standard InChI is InChI=1S/C11H22O4S/c1-8(9(2)10(12)13)6-7-16(14,15)11(3,4)5/h8-9H,6-7H2,1-5H3,(H,12,13). The van der Waals surface area contributed by atoms with Gasteiger partial charge in [-0.25, -0.2) is 8.42 Å². The van der Waals surface area contributed by atoms with Crippen LogP contribution in [0.25, 0.3) is 0 Å². The van der Waals surface area contributed by atoms with Crippen molar-refractivity contribution in [2.75, 3.05) is 5.75 Å². The van der Waals surface area contributed by atoms with Crippen LogP contribution in [0.1, 0.15) is 41.0 Å². The van der Waals surface area contributed by atoms with Crippen LogP contribution in [0.2, 0.25) is 0 Å². The van der Waals surface area contributed by atoms with E-state index >= 15 is 0 Å². The summed E-state index contributed by atoms with van der Waals surface area (Å²) in [6, 6.07) is 0. The third-order valence-electron chi connectivity index (χ3n) is 3.02. The van der Waals surface area contributed by atoms with Crippen LogP contribution < -0.4 is 0 Å². The lowest BCUT2D eigenvalue weighted by Gasteiger charge is -2.21. The van der Waals surface area contributed by atoms with E-state index in [4.69, 9.17) is 5.11 Å². The summed E-state index contributed by atoms with van der Waals surface area (Å²) in [5.41, 5.74) is 0. The Morgan fingerprint density at radius 1 is 1.25 bits per heavy atom. The van der Waals surface area contributed by atoms with Crippen molar-refractivity contribution in [3.05, 3.63) is 0 Å². The highest BCUT2D eigenvalue weighted by Crippen LogP contribution is 2.21. The van der Waals surface area contributed by atoms with Gasteiger partial charge in [-0.2, -0.15) is 0 Å². The first-order valence-electron chi connectivity index (χ1n) is 5.44. The number of sulfone groups is 1. The average molecular weight is 250 g/mol. The molecule has 0 aliphatic heterocycles. The number of rotatable bonds is 5. The molecule has 2 atom stereocenters. The zero-order valence-corrected chi connectivity index (χ0v) is 11.5. The third kappa shape index (κ3) is 4.12. The van der Waals surface area contributed by atoms with Crippen molar-refractivity contribution in [2.24, 2.45) is 11.8 Å². The molecule has 4 nitrogen and oxygen atoms in total. The summed E-state index contributed by atoms with van der Waals surface area (Å²) in [6.07, 6.45) is 0.396. The Bertz CT molecular complexity index is 337. The molecule has 5 heteroatoms. The molecular formula is C11H22O4S. The van der Waals surface area contributed by atoms with Gasteiger partial charge in [0.1, 0.15) is 0 Å². The Kier molecular flexibility index (Phi) is 4.98. The molecule has 0 bridgehead atoms. The van der Waals surface area contributed by atoms with Gasteiger partial charge in [0.05, 0.1) is 16.4 Å². The smallest absolute Gasteiger partial charge is 0.306 e. The van der Waals surface area contributed by atoms with Gasteiger partial charge in [-0.05, 0) is 33.1 Å². The van der Waals surface area contributed by atoms with Gasteiger partial charge in [0.15, 0.2) is 9.84 Å². The van der Waals surface area contributed by atoms with Gasteiger partial charge >= 0.3 is 5.97 Å². The Morgan fingerprint density at radius 2 is 1.69 bits per heavy atom. The molecular weight excluding hydrogens is 228 g/mol. The van der Waals surface area contributed by atoms with Crippen LogP contribution in [-0.2, 0) is 14.6 Å². The maximum Gasteiger partial charge on any atom is 0.306 e. The average Bonchev–Trinajstić information content (AvgIpc) is 2.11. The zero-order valence-electron chi connectivity index (χ0n) is 10.6. The molecule has 0 heterocycles. The van der Waals surface area contributed by atoms with Crippen molar-refractivity contribution in [2.45, 2.75) is 45.8 Å². The second kappa shape index (κ2) is 5.17. The molecule has 0 saturated carbocycles. The van der Waals surface area contributed by atoms with Crippen molar-refractivity contribution in [3.63, 3.8) is 0 Å². The number of carbonyl (C=O) groups is 1. The summed E-state index contributed by atoms with van der Waals surface area (Å²) in [6.45, 7) is 8.36. The highest BCUT2D eigenvalue weighted by molar-refractivity contribution is 7.92. The van der Waals surface area contributed by atoms with Gasteiger partial charge in [0.25, 0.3) is 0 Å². The summed E-state index contributed by atoms with van der Waals surface area (Å²) in [5.74, 6) is -1.46. The summed E-state index contributed by atoms with van der Waals surface area (Å²) in [4.78, 5) is 10.7. The van der Waals surface area contributed by atoms with Crippen molar-refractivity contribution in [3.8, 4) is 0 Å². The molecule has 0 aromatic rings. The van der Waals surface area contributed by atoms with Gasteiger partial charge in [-0.15, -0.1) is 0 Å². The Morgan fingerprint density at radius 3 is 2.00 bits per heavy atom. The van der Waals surface area contributed by atoms with E-state index in [-0.39, 0.29) is 11.7 Å². The highest BCUT2D eigenvalue weighted by Gasteiger charge is 2.30. The van der Waals surface area contributed by atoms with Crippen molar-refractivity contribution < 1.29 is 18.3 Å². The summed E-state index contributed by atoms with van der Waals surface area (Å²) in [7, 11) is -3.14. The summed E-state index contributed by atoms with van der Waals surface area (Å²) >= 11 is 0. The molecule has 96 valence electrons. The summed E-state index contributed by atoms with van der Waals surface area (Å²) < 4.78 is 22.8. The number of aliphatic carboxylic acids is 1. The second-order valence-corrected chi connectivity index (χ2v) is 8.19. The van der Waals surface area contributed by atoms with Crippen LogP contribution in [0.5, 0.6) is 0 Å². The van der Waals surface area contributed by atoms with Crippen LogP contribution in [0, 0.1) is 11.8 Å². The molecule has 0 rings (SSSR count). The van der Waals surface area contributed by atoms with E-state index in [1.807, 2.05) is 0 Å². The van der Waals surface area contributed by atoms with Crippen LogP contribution in [-0.4, -0.2) is 30.0 Å². The van der Waals surface area contributed by atoms with Crippen molar-refractivity contribution in [1.82, 2.24) is 0 Å². The fraction of sp³-hybridized carbons (Fsp3) is 0.909. The number of carboxylic acid groups (broad SMARTS) is 1. The van der Waals surface area contributed by atoms with E-state index in [1.54, 1.807) is 34.6 Å². The lowest BCUT2D eigenvalue weighted by Crippen LogP contribution is -2.32. The number of hydrogen-bond acceptors (Lipinski definition) is 3. The van der Waals surface area contributed by atoms with E-state index < -0.39 is 26.5 Å². The minimum atomic E-state index is -3.14. The van der Waals surface area contributed by atoms with Gasteiger partial charge in [-0.3, -0.25) is 4.79 Å². The van der Waals surface area contributed by atoms with E-state index in [0.717, 1.165) is 0 Å². The van der Waals surface area contributed by atoms with Crippen LogP contribution in [0.4, 0.5) is 0 Å². The zero-order chi connectivity index (χ0) is 13.1. The second-order valence-electron chi connectivity index (χ2n) is 5.32. The van der Waals surface area contributed by atoms with E-state index in [0.29, 0.717) is 6.42 Å². The summed E-state index contributed by atoms with van der Waals surface area (Å²) in [5, 5.41) is 8.79. The quantitative estimate of drug-likeness (QED) is 0.809. The largest absolute Gasteiger partial charge is 0.481 e. The molecule has 0 aromatic carbocycles. The predicted molar refractivity (Wildman–Crippen MR) is 64.1 cm³/mol. The normalized spacial score (nSPS) is 16.8. The molecule has 16 heavy (non-hydrogen) atoms. The number of hydrogen-bond donors (Lipinski definition) is 1. The lowest BCUT2D eigenvalue weighted by atomic mass is 9.94. The number of carboxylic acids is 1. The fourth-order valence-electron chi connectivity index (χ4n) is 1.14. The van der Waals surface area contributed by atoms with Crippen molar-refractivity contribution in [1.29, 1.82) is 0 Å².